The van der Waals surface area contributed by atoms with Crippen molar-refractivity contribution in [2.75, 3.05) is 18.6 Å². The van der Waals surface area contributed by atoms with Crippen molar-refractivity contribution in [2.24, 2.45) is 5.73 Å². The van der Waals surface area contributed by atoms with Crippen LogP contribution in [0.25, 0.3) is 0 Å². The highest BCUT2D eigenvalue weighted by atomic mass is 16.5. The van der Waals surface area contributed by atoms with Gasteiger partial charge in [-0.2, -0.15) is 0 Å². The zero-order valence-corrected chi connectivity index (χ0v) is 12.7. The van der Waals surface area contributed by atoms with Gasteiger partial charge in [-0.1, -0.05) is 25.0 Å². The molecule has 1 unspecified atom stereocenters. The van der Waals surface area contributed by atoms with E-state index in [-0.39, 0.29) is 5.97 Å². The van der Waals surface area contributed by atoms with Crippen molar-refractivity contribution < 1.29 is 9.53 Å². The molecule has 3 rings (SSSR count). The Hall–Kier alpha value is -1.55. The highest BCUT2D eigenvalue weighted by Gasteiger charge is 2.28. The molecular weight excluding hydrogens is 264 g/mol. The summed E-state index contributed by atoms with van der Waals surface area (Å²) in [5.41, 5.74) is 9.76. The zero-order valence-electron chi connectivity index (χ0n) is 12.7. The number of hydrogen-bond donors (Lipinski definition) is 1. The summed E-state index contributed by atoms with van der Waals surface area (Å²) in [5.74, 6) is -0.344. The molecule has 1 atom stereocenters. The molecule has 0 amide bonds. The molecule has 1 fully saturated rings. The number of methoxy groups -OCH3 is 1. The van der Waals surface area contributed by atoms with Crippen LogP contribution in [0.3, 0.4) is 0 Å². The maximum atomic E-state index is 11.4. The van der Waals surface area contributed by atoms with E-state index in [1.165, 1.54) is 44.0 Å². The third-order valence-electron chi connectivity index (χ3n) is 4.80. The first-order valence-electron chi connectivity index (χ1n) is 7.91. The number of ether oxygens (including phenoxy) is 1. The summed E-state index contributed by atoms with van der Waals surface area (Å²) in [6.07, 6.45) is 7.03. The normalized spacial score (nSPS) is 19.6. The van der Waals surface area contributed by atoms with Crippen molar-refractivity contribution in [1.82, 2.24) is 0 Å². The molecule has 1 aromatic carbocycles. The second-order valence-electron chi connectivity index (χ2n) is 6.18. The molecule has 2 aliphatic rings. The zero-order chi connectivity index (χ0) is 14.8. The second kappa shape index (κ2) is 6.06. The molecule has 2 N–H and O–H groups in total. The van der Waals surface area contributed by atoms with Gasteiger partial charge in [0.1, 0.15) is 6.04 Å². The van der Waals surface area contributed by atoms with Gasteiger partial charge in [-0.3, -0.25) is 4.79 Å². The Morgan fingerprint density at radius 1 is 1.43 bits per heavy atom. The Kier molecular flexibility index (Phi) is 4.15. The third kappa shape index (κ3) is 2.91. The van der Waals surface area contributed by atoms with E-state index in [4.69, 9.17) is 5.73 Å². The number of nitrogens with zero attached hydrogens (tertiary/aromatic N) is 1. The van der Waals surface area contributed by atoms with E-state index in [0.29, 0.717) is 6.42 Å². The summed E-state index contributed by atoms with van der Waals surface area (Å²) in [7, 11) is 1.38. The molecule has 21 heavy (non-hydrogen) atoms. The SMILES string of the molecule is COC(=O)C(N)Cc1ccc2c(c1)CCN2C1CCCC1. The van der Waals surface area contributed by atoms with E-state index >= 15 is 0 Å². The number of nitrogens with two attached hydrogens (primary N) is 1. The van der Waals surface area contributed by atoms with Crippen LogP contribution in [0.2, 0.25) is 0 Å². The molecule has 1 saturated carbocycles. The third-order valence-corrected chi connectivity index (χ3v) is 4.80. The van der Waals surface area contributed by atoms with Crippen LogP contribution < -0.4 is 10.6 Å². The molecule has 0 aromatic heterocycles. The van der Waals surface area contributed by atoms with E-state index in [0.717, 1.165) is 24.6 Å². The lowest BCUT2D eigenvalue weighted by Crippen LogP contribution is -2.33. The minimum Gasteiger partial charge on any atom is -0.468 e. The van der Waals surface area contributed by atoms with Crippen molar-refractivity contribution in [3.05, 3.63) is 29.3 Å². The summed E-state index contributed by atoms with van der Waals surface area (Å²) >= 11 is 0. The maximum Gasteiger partial charge on any atom is 0.322 e. The minimum absolute atomic E-state index is 0.344. The summed E-state index contributed by atoms with van der Waals surface area (Å²) in [6, 6.07) is 6.69. The predicted octanol–water partition coefficient (Wildman–Crippen LogP) is 2.03. The molecule has 0 bridgehead atoms. The average molecular weight is 288 g/mol. The van der Waals surface area contributed by atoms with Gasteiger partial charge in [-0.15, -0.1) is 0 Å². The number of carbonyl (C=O) groups excluding carboxylic acids is 1. The van der Waals surface area contributed by atoms with E-state index in [1.807, 2.05) is 0 Å². The van der Waals surface area contributed by atoms with Gasteiger partial charge < -0.3 is 15.4 Å². The molecule has 1 aliphatic heterocycles. The van der Waals surface area contributed by atoms with Gasteiger partial charge >= 0.3 is 5.97 Å². The average Bonchev–Trinajstić information content (AvgIpc) is 3.14. The Labute approximate surface area is 126 Å². The summed E-state index contributed by atoms with van der Waals surface area (Å²) in [6.45, 7) is 1.13. The van der Waals surface area contributed by atoms with Crippen molar-refractivity contribution in [3.63, 3.8) is 0 Å². The van der Waals surface area contributed by atoms with Gasteiger partial charge in [0, 0.05) is 18.3 Å². The predicted molar refractivity (Wildman–Crippen MR) is 83.4 cm³/mol. The highest BCUT2D eigenvalue weighted by molar-refractivity contribution is 5.75. The quantitative estimate of drug-likeness (QED) is 0.861. The lowest BCUT2D eigenvalue weighted by Gasteiger charge is -2.27. The summed E-state index contributed by atoms with van der Waals surface area (Å²) < 4.78 is 4.69. The first-order valence-corrected chi connectivity index (χ1v) is 7.91. The fourth-order valence-corrected chi connectivity index (χ4v) is 3.69. The number of benzene rings is 1. The van der Waals surface area contributed by atoms with Crippen LogP contribution in [0.4, 0.5) is 5.69 Å². The number of rotatable bonds is 4. The van der Waals surface area contributed by atoms with Crippen LogP contribution >= 0.6 is 0 Å². The van der Waals surface area contributed by atoms with E-state index in [2.05, 4.69) is 27.8 Å². The number of carbonyl (C=O) groups is 1. The van der Waals surface area contributed by atoms with Crippen molar-refractivity contribution >= 4 is 11.7 Å². The minimum atomic E-state index is -0.569. The van der Waals surface area contributed by atoms with Gasteiger partial charge in [0.2, 0.25) is 0 Å². The standard InChI is InChI=1S/C17H24N2O2/c1-21-17(20)15(18)11-12-6-7-16-13(10-12)8-9-19(16)14-4-2-3-5-14/h6-7,10,14-15H,2-5,8-9,11,18H2,1H3. The first kappa shape index (κ1) is 14.4. The van der Waals surface area contributed by atoms with Crippen molar-refractivity contribution in [2.45, 2.75) is 50.6 Å². The smallest absolute Gasteiger partial charge is 0.322 e. The lowest BCUT2D eigenvalue weighted by atomic mass is 10.0. The molecule has 4 nitrogen and oxygen atoms in total. The van der Waals surface area contributed by atoms with E-state index in [9.17, 15) is 4.79 Å². The van der Waals surface area contributed by atoms with Crippen molar-refractivity contribution in [1.29, 1.82) is 0 Å². The lowest BCUT2D eigenvalue weighted by molar-refractivity contribution is -0.142. The Morgan fingerprint density at radius 2 is 2.19 bits per heavy atom. The largest absolute Gasteiger partial charge is 0.468 e. The molecule has 1 aliphatic carbocycles. The highest BCUT2D eigenvalue weighted by Crippen LogP contribution is 2.35. The fraction of sp³-hybridized carbons (Fsp3) is 0.588. The van der Waals surface area contributed by atoms with Gasteiger partial charge in [0.25, 0.3) is 0 Å². The van der Waals surface area contributed by atoms with Gasteiger partial charge in [-0.25, -0.2) is 0 Å². The van der Waals surface area contributed by atoms with Crippen LogP contribution in [0.1, 0.15) is 36.8 Å². The number of hydrogen-bond acceptors (Lipinski definition) is 4. The maximum absolute atomic E-state index is 11.4. The molecule has 0 saturated heterocycles. The van der Waals surface area contributed by atoms with Crippen molar-refractivity contribution in [3.8, 4) is 0 Å². The Balaban J connectivity index is 1.72. The molecule has 1 heterocycles. The molecular formula is C17H24N2O2. The monoisotopic (exact) mass is 288 g/mol. The number of esters is 1. The topological polar surface area (TPSA) is 55.6 Å². The van der Waals surface area contributed by atoms with Gasteiger partial charge in [0.15, 0.2) is 0 Å². The fourth-order valence-electron chi connectivity index (χ4n) is 3.69. The Morgan fingerprint density at radius 3 is 2.90 bits per heavy atom. The van der Waals surface area contributed by atoms with Gasteiger partial charge in [-0.05, 0) is 42.9 Å². The molecule has 0 spiro atoms. The van der Waals surface area contributed by atoms with Crippen LogP contribution in [0.15, 0.2) is 18.2 Å². The Bertz CT molecular complexity index is 524. The molecule has 1 aromatic rings. The van der Waals surface area contributed by atoms with E-state index < -0.39 is 6.04 Å². The van der Waals surface area contributed by atoms with E-state index in [1.54, 1.807) is 0 Å². The van der Waals surface area contributed by atoms with Crippen LogP contribution in [-0.4, -0.2) is 31.7 Å². The molecule has 114 valence electrons. The van der Waals surface area contributed by atoms with Crippen LogP contribution in [0, 0.1) is 0 Å². The van der Waals surface area contributed by atoms with Crippen LogP contribution in [-0.2, 0) is 22.4 Å². The molecule has 0 radical (unpaired) electrons. The first-order chi connectivity index (χ1) is 10.2. The summed E-state index contributed by atoms with van der Waals surface area (Å²) in [4.78, 5) is 14.0. The molecule has 4 heteroatoms. The van der Waals surface area contributed by atoms with Gasteiger partial charge in [0.05, 0.1) is 7.11 Å². The summed E-state index contributed by atoms with van der Waals surface area (Å²) in [5, 5.41) is 0. The number of fused-ring (bicyclic) bond motifs is 1. The van der Waals surface area contributed by atoms with Crippen LogP contribution in [0.5, 0.6) is 0 Å². The second-order valence-corrected chi connectivity index (χ2v) is 6.18. The number of anilines is 1.